The van der Waals surface area contributed by atoms with Crippen LogP contribution < -0.4 is 15.5 Å². The van der Waals surface area contributed by atoms with Gasteiger partial charge in [0.05, 0.1) is 7.11 Å². The van der Waals surface area contributed by atoms with E-state index in [-0.39, 0.29) is 18.0 Å². The lowest BCUT2D eigenvalue weighted by molar-refractivity contribution is -0.130. The second kappa shape index (κ2) is 5.98. The van der Waals surface area contributed by atoms with Gasteiger partial charge < -0.3 is 10.1 Å². The highest BCUT2D eigenvalue weighted by Gasteiger charge is 2.40. The van der Waals surface area contributed by atoms with E-state index in [9.17, 15) is 4.79 Å². The van der Waals surface area contributed by atoms with Crippen LogP contribution in [0.3, 0.4) is 0 Å². The number of hydrazine groups is 1. The lowest BCUT2D eigenvalue weighted by Gasteiger charge is -2.33. The number of carbonyl (C=O) groups is 1. The molecule has 2 aliphatic heterocycles. The van der Waals surface area contributed by atoms with Crippen molar-refractivity contribution in [3.63, 3.8) is 0 Å². The van der Waals surface area contributed by atoms with Crippen LogP contribution in [0.5, 0.6) is 5.88 Å². The Kier molecular flexibility index (Phi) is 3.66. The molecule has 6 heteroatoms. The fourth-order valence-electron chi connectivity index (χ4n) is 3.18. The molecule has 2 atom stereocenters. The van der Waals surface area contributed by atoms with Gasteiger partial charge in [0.1, 0.15) is 6.17 Å². The van der Waals surface area contributed by atoms with Gasteiger partial charge in [0.15, 0.2) is 0 Å². The van der Waals surface area contributed by atoms with Crippen molar-refractivity contribution in [1.82, 2.24) is 20.7 Å². The van der Waals surface area contributed by atoms with Gasteiger partial charge in [0, 0.05) is 36.5 Å². The summed E-state index contributed by atoms with van der Waals surface area (Å²) in [7, 11) is 1.60. The van der Waals surface area contributed by atoms with E-state index in [1.807, 2.05) is 42.5 Å². The number of hydrogen-bond acceptors (Lipinski definition) is 5. The van der Waals surface area contributed by atoms with Crippen LogP contribution in [0.4, 0.5) is 0 Å². The third-order valence-corrected chi connectivity index (χ3v) is 4.43. The average molecular weight is 322 g/mol. The smallest absolute Gasteiger partial charge is 0.264 e. The van der Waals surface area contributed by atoms with Crippen LogP contribution in [0, 0.1) is 0 Å². The lowest BCUT2D eigenvalue weighted by Crippen LogP contribution is -2.52. The fourth-order valence-corrected chi connectivity index (χ4v) is 3.18. The van der Waals surface area contributed by atoms with Crippen LogP contribution in [0.2, 0.25) is 0 Å². The predicted octanol–water partition coefficient (Wildman–Crippen LogP) is 1.49. The summed E-state index contributed by atoms with van der Waals surface area (Å²) in [5.74, 6) is 0.653. The van der Waals surface area contributed by atoms with Gasteiger partial charge in [-0.05, 0) is 11.1 Å². The summed E-state index contributed by atoms with van der Waals surface area (Å²) in [6, 6.07) is 13.7. The normalized spacial score (nSPS) is 22.6. The Morgan fingerprint density at radius 3 is 2.75 bits per heavy atom. The Morgan fingerprint density at radius 1 is 1.21 bits per heavy atom. The average Bonchev–Trinajstić information content (AvgIpc) is 3.07. The summed E-state index contributed by atoms with van der Waals surface area (Å²) in [6.07, 6.45) is 3.29. The van der Waals surface area contributed by atoms with Gasteiger partial charge in [0.25, 0.3) is 5.91 Å². The highest BCUT2D eigenvalue weighted by molar-refractivity contribution is 5.96. The van der Waals surface area contributed by atoms with E-state index in [0.717, 1.165) is 16.8 Å². The van der Waals surface area contributed by atoms with Crippen molar-refractivity contribution in [2.24, 2.45) is 0 Å². The maximum absolute atomic E-state index is 12.4. The molecule has 1 aromatic heterocycles. The summed E-state index contributed by atoms with van der Waals surface area (Å²) in [4.78, 5) is 16.7. The van der Waals surface area contributed by atoms with Crippen molar-refractivity contribution in [2.45, 2.75) is 12.1 Å². The third-order valence-electron chi connectivity index (χ3n) is 4.43. The molecule has 6 nitrogen and oxygen atoms in total. The number of ether oxygens (including phenoxy) is 1. The minimum Gasteiger partial charge on any atom is -0.481 e. The molecule has 0 bridgehead atoms. The van der Waals surface area contributed by atoms with Crippen molar-refractivity contribution >= 4 is 11.6 Å². The van der Waals surface area contributed by atoms with Crippen LogP contribution >= 0.6 is 0 Å². The van der Waals surface area contributed by atoms with Crippen LogP contribution in [-0.2, 0) is 4.79 Å². The monoisotopic (exact) mass is 322 g/mol. The highest BCUT2D eigenvalue weighted by atomic mass is 16.5. The molecule has 2 aliphatic rings. The number of aromatic nitrogens is 1. The van der Waals surface area contributed by atoms with Gasteiger partial charge in [0.2, 0.25) is 5.88 Å². The summed E-state index contributed by atoms with van der Waals surface area (Å²) in [6.45, 7) is 0.674. The van der Waals surface area contributed by atoms with Crippen LogP contribution in [-0.4, -0.2) is 35.7 Å². The molecule has 0 radical (unpaired) electrons. The Bertz CT molecular complexity index is 773. The number of rotatable bonds is 3. The Morgan fingerprint density at radius 2 is 2.04 bits per heavy atom. The number of carbonyl (C=O) groups excluding carboxylic acids is 1. The highest BCUT2D eigenvalue weighted by Crippen LogP contribution is 2.30. The topological polar surface area (TPSA) is 66.5 Å². The van der Waals surface area contributed by atoms with Gasteiger partial charge >= 0.3 is 0 Å². The number of nitrogens with one attached hydrogen (secondary N) is 2. The van der Waals surface area contributed by atoms with Crippen molar-refractivity contribution in [1.29, 1.82) is 0 Å². The van der Waals surface area contributed by atoms with Crippen molar-refractivity contribution < 1.29 is 9.53 Å². The SMILES string of the molecule is COc1ccc(C2CNN3C(=O)C=C(c4ccccc4)NC23)cn1. The number of methoxy groups -OCH3 is 1. The van der Waals surface area contributed by atoms with E-state index in [1.54, 1.807) is 24.4 Å². The summed E-state index contributed by atoms with van der Waals surface area (Å²) in [5.41, 5.74) is 6.08. The van der Waals surface area contributed by atoms with Gasteiger partial charge in [-0.15, -0.1) is 0 Å². The number of hydrogen-bond donors (Lipinski definition) is 2. The molecule has 1 aromatic carbocycles. The zero-order valence-electron chi connectivity index (χ0n) is 13.3. The number of pyridine rings is 1. The van der Waals surface area contributed by atoms with E-state index >= 15 is 0 Å². The Labute approximate surface area is 140 Å². The Balaban J connectivity index is 1.62. The number of fused-ring (bicyclic) bond motifs is 1. The van der Waals surface area contributed by atoms with Crippen molar-refractivity contribution in [2.75, 3.05) is 13.7 Å². The maximum Gasteiger partial charge on any atom is 0.264 e. The van der Waals surface area contributed by atoms with E-state index < -0.39 is 0 Å². The minimum absolute atomic E-state index is 0.0402. The minimum atomic E-state index is -0.145. The van der Waals surface area contributed by atoms with Crippen LogP contribution in [0.1, 0.15) is 17.0 Å². The Hall–Kier alpha value is -2.86. The van der Waals surface area contributed by atoms with E-state index in [1.165, 1.54) is 0 Å². The molecule has 1 saturated heterocycles. The molecule has 122 valence electrons. The second-order valence-corrected chi connectivity index (χ2v) is 5.82. The van der Waals surface area contributed by atoms with Gasteiger partial charge in [-0.25, -0.2) is 10.4 Å². The summed E-state index contributed by atoms with van der Waals surface area (Å²) in [5, 5.41) is 5.14. The first-order valence-electron chi connectivity index (χ1n) is 7.86. The quantitative estimate of drug-likeness (QED) is 0.896. The molecular formula is C18H18N4O2. The number of amides is 1. The van der Waals surface area contributed by atoms with Crippen molar-refractivity contribution in [3.8, 4) is 5.88 Å². The first kappa shape index (κ1) is 14.7. The molecular weight excluding hydrogens is 304 g/mol. The largest absolute Gasteiger partial charge is 0.481 e. The van der Waals surface area contributed by atoms with Crippen LogP contribution in [0.15, 0.2) is 54.7 Å². The predicted molar refractivity (Wildman–Crippen MR) is 89.7 cm³/mol. The number of nitrogens with zero attached hydrogens (tertiary/aromatic N) is 2. The van der Waals surface area contributed by atoms with Gasteiger partial charge in [-0.1, -0.05) is 36.4 Å². The molecule has 0 spiro atoms. The molecule has 4 rings (SSSR count). The number of benzene rings is 1. The first-order chi connectivity index (χ1) is 11.8. The van der Waals surface area contributed by atoms with E-state index in [2.05, 4.69) is 15.7 Å². The molecule has 3 heterocycles. The molecule has 0 saturated carbocycles. The fraction of sp³-hybridized carbons (Fsp3) is 0.222. The molecule has 2 unspecified atom stereocenters. The van der Waals surface area contributed by atoms with Gasteiger partial charge in [-0.3, -0.25) is 9.80 Å². The lowest BCUT2D eigenvalue weighted by atomic mass is 9.97. The molecule has 1 amide bonds. The standard InChI is InChI=1S/C18H18N4O2/c1-24-16-8-7-13(10-19-16)14-11-20-22-17(23)9-15(21-18(14)22)12-5-3-2-4-6-12/h2-10,14,18,20-21H,11H2,1H3. The van der Waals surface area contributed by atoms with Crippen molar-refractivity contribution in [3.05, 3.63) is 65.9 Å². The van der Waals surface area contributed by atoms with E-state index in [0.29, 0.717) is 12.4 Å². The molecule has 0 aliphatic carbocycles. The molecule has 2 N–H and O–H groups in total. The maximum atomic E-state index is 12.4. The summed E-state index contributed by atoms with van der Waals surface area (Å²) < 4.78 is 5.11. The summed E-state index contributed by atoms with van der Waals surface area (Å²) >= 11 is 0. The third kappa shape index (κ3) is 2.51. The zero-order valence-corrected chi connectivity index (χ0v) is 13.3. The zero-order chi connectivity index (χ0) is 16.5. The molecule has 2 aromatic rings. The second-order valence-electron chi connectivity index (χ2n) is 5.82. The van der Waals surface area contributed by atoms with Gasteiger partial charge in [-0.2, -0.15) is 0 Å². The first-order valence-corrected chi connectivity index (χ1v) is 7.86. The van der Waals surface area contributed by atoms with E-state index in [4.69, 9.17) is 4.74 Å². The molecule has 24 heavy (non-hydrogen) atoms. The van der Waals surface area contributed by atoms with Crippen LogP contribution in [0.25, 0.3) is 5.70 Å². The molecule has 1 fully saturated rings.